The van der Waals surface area contributed by atoms with Gasteiger partial charge in [0.15, 0.2) is 0 Å². The van der Waals surface area contributed by atoms with Gasteiger partial charge in [0.05, 0.1) is 30.9 Å². The normalized spacial score (nSPS) is 13.6. The van der Waals surface area contributed by atoms with Crippen molar-refractivity contribution in [2.45, 2.75) is 6.92 Å². The topological polar surface area (TPSA) is 103 Å². The number of nitrogens with zero attached hydrogens (tertiary/aromatic N) is 5. The summed E-state index contributed by atoms with van der Waals surface area (Å²) in [4.78, 5) is 28.8. The van der Waals surface area contributed by atoms with E-state index in [2.05, 4.69) is 10.00 Å². The van der Waals surface area contributed by atoms with Crippen LogP contribution in [0.25, 0.3) is 16.9 Å². The lowest BCUT2D eigenvalue weighted by atomic mass is 10.1. The van der Waals surface area contributed by atoms with Crippen LogP contribution in [0.2, 0.25) is 0 Å². The fraction of sp³-hybridized carbons (Fsp3) is 0.333. The molecule has 2 heterocycles. The summed E-state index contributed by atoms with van der Waals surface area (Å²) in [6, 6.07) is 13.8. The molecule has 0 bridgehead atoms. The van der Waals surface area contributed by atoms with Crippen LogP contribution in [-0.2, 0) is 4.74 Å². The Labute approximate surface area is 197 Å². The van der Waals surface area contributed by atoms with Gasteiger partial charge in [-0.1, -0.05) is 12.1 Å². The van der Waals surface area contributed by atoms with Gasteiger partial charge in [-0.05, 0) is 37.3 Å². The molecule has 1 aliphatic heterocycles. The van der Waals surface area contributed by atoms with E-state index in [9.17, 15) is 14.9 Å². The minimum absolute atomic E-state index is 0.120. The van der Waals surface area contributed by atoms with E-state index in [1.807, 2.05) is 31.2 Å². The summed E-state index contributed by atoms with van der Waals surface area (Å²) in [7, 11) is 3.37. The van der Waals surface area contributed by atoms with Crippen molar-refractivity contribution >= 4 is 17.1 Å². The Bertz CT molecular complexity index is 1250. The Kier molecular flexibility index (Phi) is 6.78. The van der Waals surface area contributed by atoms with Gasteiger partial charge in [-0.2, -0.15) is 9.78 Å². The Balaban J connectivity index is 1.95. The van der Waals surface area contributed by atoms with Crippen LogP contribution in [0.3, 0.4) is 0 Å². The van der Waals surface area contributed by atoms with Gasteiger partial charge in [0.25, 0.3) is 11.2 Å². The van der Waals surface area contributed by atoms with Gasteiger partial charge >= 0.3 is 0 Å². The van der Waals surface area contributed by atoms with Crippen LogP contribution in [0.1, 0.15) is 6.92 Å². The maximum absolute atomic E-state index is 13.5. The predicted molar refractivity (Wildman–Crippen MR) is 130 cm³/mol. The third-order valence-corrected chi connectivity index (χ3v) is 5.90. The number of hydrogen-bond donors (Lipinski definition) is 0. The lowest BCUT2D eigenvalue weighted by Crippen LogP contribution is -2.36. The second-order valence-corrected chi connectivity index (χ2v) is 7.91. The Morgan fingerprint density at radius 2 is 1.94 bits per heavy atom. The smallest absolute Gasteiger partial charge is 0.295 e. The van der Waals surface area contributed by atoms with Gasteiger partial charge in [-0.3, -0.25) is 14.9 Å². The molecule has 2 aromatic carbocycles. The minimum atomic E-state index is -0.492. The molecule has 0 spiro atoms. The van der Waals surface area contributed by atoms with Crippen molar-refractivity contribution in [1.29, 1.82) is 0 Å². The van der Waals surface area contributed by atoms with E-state index in [1.54, 1.807) is 37.3 Å². The highest BCUT2D eigenvalue weighted by Gasteiger charge is 2.23. The maximum Gasteiger partial charge on any atom is 0.295 e. The molecule has 0 aliphatic carbocycles. The number of nitro groups is 1. The summed E-state index contributed by atoms with van der Waals surface area (Å²) < 4.78 is 11.9. The molecule has 4 rings (SSSR count). The zero-order valence-corrected chi connectivity index (χ0v) is 19.4. The largest absolute Gasteiger partial charge is 0.497 e. The highest BCUT2D eigenvalue weighted by molar-refractivity contribution is 5.68. The molecule has 1 saturated heterocycles. The lowest BCUT2D eigenvalue weighted by molar-refractivity contribution is -0.384. The molecule has 0 radical (unpaired) electrons. The Morgan fingerprint density at radius 3 is 2.62 bits per heavy atom. The average Bonchev–Trinajstić information content (AvgIpc) is 2.88. The van der Waals surface area contributed by atoms with Crippen LogP contribution in [0.15, 0.2) is 53.3 Å². The molecule has 0 amide bonds. The van der Waals surface area contributed by atoms with Crippen molar-refractivity contribution in [3.8, 4) is 22.7 Å². The molecule has 34 heavy (non-hydrogen) atoms. The van der Waals surface area contributed by atoms with Crippen molar-refractivity contribution in [2.24, 2.45) is 0 Å². The molecule has 0 N–H and O–H groups in total. The second-order valence-electron chi connectivity index (χ2n) is 7.91. The number of rotatable bonds is 7. The first-order valence-electron chi connectivity index (χ1n) is 11.0. The molecule has 178 valence electrons. The van der Waals surface area contributed by atoms with Gasteiger partial charge in [0, 0.05) is 44.0 Å². The summed E-state index contributed by atoms with van der Waals surface area (Å²) in [5.41, 5.74) is 1.88. The standard InChI is InChI=1S/C24H27N5O5/c1-4-26(2)23-16-20(17-6-5-7-19(14-17)33-3)25-28(24(23)30)22-15-18(8-9-21(22)29(31)32)27-10-12-34-13-11-27/h5-9,14-16H,4,10-13H2,1-3H3. The molecule has 0 unspecified atom stereocenters. The van der Waals surface area contributed by atoms with Crippen LogP contribution < -0.4 is 20.1 Å². The molecule has 0 saturated carbocycles. The number of hydrogen-bond acceptors (Lipinski definition) is 8. The van der Waals surface area contributed by atoms with Crippen LogP contribution in [0, 0.1) is 10.1 Å². The molecule has 1 fully saturated rings. The molecular weight excluding hydrogens is 438 g/mol. The summed E-state index contributed by atoms with van der Waals surface area (Å²) in [5, 5.41) is 16.5. The molecule has 1 aliphatic rings. The number of methoxy groups -OCH3 is 1. The van der Waals surface area contributed by atoms with E-state index in [-0.39, 0.29) is 11.4 Å². The monoisotopic (exact) mass is 465 g/mol. The third kappa shape index (κ3) is 4.58. The van der Waals surface area contributed by atoms with E-state index in [0.717, 1.165) is 15.9 Å². The molecule has 1 aromatic heterocycles. The highest BCUT2D eigenvalue weighted by Crippen LogP contribution is 2.30. The van der Waals surface area contributed by atoms with Gasteiger partial charge in [-0.25, -0.2) is 0 Å². The third-order valence-electron chi connectivity index (χ3n) is 5.90. The average molecular weight is 466 g/mol. The van der Waals surface area contributed by atoms with E-state index in [1.165, 1.54) is 6.07 Å². The van der Waals surface area contributed by atoms with Gasteiger partial charge in [0.2, 0.25) is 0 Å². The quantitative estimate of drug-likeness (QED) is 0.387. The first-order chi connectivity index (χ1) is 16.4. The van der Waals surface area contributed by atoms with Crippen molar-refractivity contribution in [3.05, 3.63) is 69.0 Å². The minimum Gasteiger partial charge on any atom is -0.497 e. The van der Waals surface area contributed by atoms with E-state index < -0.39 is 10.5 Å². The Hall–Kier alpha value is -3.92. The van der Waals surface area contributed by atoms with Crippen molar-refractivity contribution in [2.75, 3.05) is 56.8 Å². The maximum atomic E-state index is 13.5. The number of ether oxygens (including phenoxy) is 2. The van der Waals surface area contributed by atoms with Crippen LogP contribution >= 0.6 is 0 Å². The molecule has 10 heteroatoms. The van der Waals surface area contributed by atoms with Crippen molar-refractivity contribution < 1.29 is 14.4 Å². The zero-order valence-electron chi connectivity index (χ0n) is 19.4. The Morgan fingerprint density at radius 1 is 1.18 bits per heavy atom. The van der Waals surface area contributed by atoms with E-state index in [0.29, 0.717) is 50.0 Å². The van der Waals surface area contributed by atoms with Crippen LogP contribution in [0.5, 0.6) is 5.75 Å². The molecule has 3 aromatic rings. The molecule has 0 atom stereocenters. The zero-order chi connectivity index (χ0) is 24.2. The number of anilines is 2. The second kappa shape index (κ2) is 9.92. The van der Waals surface area contributed by atoms with E-state index >= 15 is 0 Å². The van der Waals surface area contributed by atoms with E-state index in [4.69, 9.17) is 9.47 Å². The first-order valence-corrected chi connectivity index (χ1v) is 11.0. The lowest BCUT2D eigenvalue weighted by Gasteiger charge is -2.29. The SMILES string of the molecule is CCN(C)c1cc(-c2cccc(OC)c2)nn(-c2cc(N3CCOCC3)ccc2[N+](=O)[O-])c1=O. The van der Waals surface area contributed by atoms with Crippen LogP contribution in [-0.4, -0.2) is 61.7 Å². The number of benzene rings is 2. The van der Waals surface area contributed by atoms with Gasteiger partial charge in [-0.15, -0.1) is 0 Å². The summed E-state index contributed by atoms with van der Waals surface area (Å²) >= 11 is 0. The summed E-state index contributed by atoms with van der Waals surface area (Å²) in [6.45, 7) is 4.96. The molecular formula is C24H27N5O5. The fourth-order valence-corrected chi connectivity index (χ4v) is 3.87. The molecule has 10 nitrogen and oxygen atoms in total. The van der Waals surface area contributed by atoms with Crippen molar-refractivity contribution in [3.63, 3.8) is 0 Å². The number of aromatic nitrogens is 2. The van der Waals surface area contributed by atoms with Gasteiger partial charge < -0.3 is 19.3 Å². The summed E-state index contributed by atoms with van der Waals surface area (Å²) in [5.74, 6) is 0.641. The first kappa shape index (κ1) is 23.2. The fourth-order valence-electron chi connectivity index (χ4n) is 3.87. The number of morpholine rings is 1. The predicted octanol–water partition coefficient (Wildman–Crippen LogP) is 3.11. The highest BCUT2D eigenvalue weighted by atomic mass is 16.6. The number of nitro benzene ring substituents is 1. The summed E-state index contributed by atoms with van der Waals surface area (Å²) in [6.07, 6.45) is 0. The van der Waals surface area contributed by atoms with Crippen molar-refractivity contribution in [1.82, 2.24) is 9.78 Å². The van der Waals surface area contributed by atoms with Gasteiger partial charge in [0.1, 0.15) is 17.1 Å². The van der Waals surface area contributed by atoms with Crippen LogP contribution in [0.4, 0.5) is 17.1 Å².